The number of carbonyl (C=O) groups excluding carboxylic acids is 1. The van der Waals surface area contributed by atoms with Crippen LogP contribution in [0.4, 0.5) is 0 Å². The summed E-state index contributed by atoms with van der Waals surface area (Å²) in [5.74, 6) is -0.0141. The molecular weight excluding hydrogens is 320 g/mol. The van der Waals surface area contributed by atoms with Gasteiger partial charge < -0.3 is 19.5 Å². The molecule has 0 aromatic heterocycles. The normalized spacial score (nSPS) is 19.0. The number of hydrogen-bond acceptors (Lipinski definition) is 5. The largest absolute Gasteiger partial charge is 0.394 e. The first-order chi connectivity index (χ1) is 12.0. The lowest BCUT2D eigenvalue weighted by Gasteiger charge is -2.43. The van der Waals surface area contributed by atoms with E-state index in [9.17, 15) is 9.90 Å². The van der Waals surface area contributed by atoms with Gasteiger partial charge in [-0.15, -0.1) is 0 Å². The number of hydrogen-bond donors (Lipinski definition) is 1. The van der Waals surface area contributed by atoms with Gasteiger partial charge in [-0.25, -0.2) is 0 Å². The van der Waals surface area contributed by atoms with Gasteiger partial charge in [0.2, 0.25) is 0 Å². The second-order valence-electron chi connectivity index (χ2n) is 7.02. The van der Waals surface area contributed by atoms with Crippen LogP contribution < -0.4 is 0 Å². The number of aliphatic hydroxyl groups excluding tert-OH is 1. The Morgan fingerprint density at radius 3 is 2.76 bits per heavy atom. The van der Waals surface area contributed by atoms with E-state index in [-0.39, 0.29) is 24.2 Å². The minimum absolute atomic E-state index is 0.0141. The third-order valence-corrected chi connectivity index (χ3v) is 4.68. The smallest absolute Gasteiger partial charge is 0.254 e. The molecule has 25 heavy (non-hydrogen) atoms. The van der Waals surface area contributed by atoms with Crippen molar-refractivity contribution in [3.05, 3.63) is 35.9 Å². The summed E-state index contributed by atoms with van der Waals surface area (Å²) in [6.45, 7) is 7.73. The Labute approximate surface area is 150 Å². The molecule has 2 rings (SSSR count). The van der Waals surface area contributed by atoms with E-state index in [0.717, 1.165) is 6.54 Å². The van der Waals surface area contributed by atoms with Crippen molar-refractivity contribution in [3.8, 4) is 0 Å². The zero-order valence-corrected chi connectivity index (χ0v) is 15.5. The predicted molar refractivity (Wildman–Crippen MR) is 96.7 cm³/mol. The van der Waals surface area contributed by atoms with Gasteiger partial charge in [0.05, 0.1) is 25.9 Å². The first kappa shape index (κ1) is 19.8. The summed E-state index contributed by atoms with van der Waals surface area (Å²) in [7, 11) is 1.63. The number of carbonyl (C=O) groups is 1. The highest BCUT2D eigenvalue weighted by Gasteiger charge is 2.32. The van der Waals surface area contributed by atoms with Crippen molar-refractivity contribution in [2.24, 2.45) is 0 Å². The Morgan fingerprint density at radius 1 is 1.40 bits per heavy atom. The van der Waals surface area contributed by atoms with E-state index in [1.54, 1.807) is 12.0 Å². The standard InChI is InChI=1S/C19H30N2O4/c1-19(2,15-22)21-10-12-25-17(14-21)13-20(9-11-24-3)18(23)16-7-5-4-6-8-16/h4-8,17,22H,9-15H2,1-3H3/t17-/m1/s1. The summed E-state index contributed by atoms with van der Waals surface area (Å²) in [5.41, 5.74) is 0.380. The Hall–Kier alpha value is -1.47. The van der Waals surface area contributed by atoms with Gasteiger partial charge in [0.1, 0.15) is 0 Å². The zero-order valence-electron chi connectivity index (χ0n) is 15.5. The van der Waals surface area contributed by atoms with Gasteiger partial charge in [-0.05, 0) is 26.0 Å². The van der Waals surface area contributed by atoms with E-state index in [2.05, 4.69) is 4.90 Å². The van der Waals surface area contributed by atoms with Crippen LogP contribution in [0.15, 0.2) is 30.3 Å². The van der Waals surface area contributed by atoms with Crippen LogP contribution in [0.2, 0.25) is 0 Å². The molecule has 1 atom stereocenters. The van der Waals surface area contributed by atoms with Crippen LogP contribution in [0.5, 0.6) is 0 Å². The molecule has 0 radical (unpaired) electrons. The van der Waals surface area contributed by atoms with Crippen LogP contribution in [0.25, 0.3) is 0 Å². The lowest BCUT2D eigenvalue weighted by atomic mass is 10.0. The molecule has 1 amide bonds. The lowest BCUT2D eigenvalue weighted by Crippen LogP contribution is -2.57. The average Bonchev–Trinajstić information content (AvgIpc) is 2.65. The van der Waals surface area contributed by atoms with Crippen molar-refractivity contribution in [3.63, 3.8) is 0 Å². The molecule has 0 saturated carbocycles. The third-order valence-electron chi connectivity index (χ3n) is 4.68. The second kappa shape index (κ2) is 9.29. The summed E-state index contributed by atoms with van der Waals surface area (Å²) >= 11 is 0. The Morgan fingerprint density at radius 2 is 2.12 bits per heavy atom. The van der Waals surface area contributed by atoms with Gasteiger partial charge in [-0.1, -0.05) is 18.2 Å². The van der Waals surface area contributed by atoms with Crippen molar-refractivity contribution < 1.29 is 19.4 Å². The summed E-state index contributed by atoms with van der Waals surface area (Å²) < 4.78 is 11.0. The molecule has 1 saturated heterocycles. The molecule has 1 N–H and O–H groups in total. The molecule has 1 heterocycles. The van der Waals surface area contributed by atoms with E-state index >= 15 is 0 Å². The molecule has 0 bridgehead atoms. The zero-order chi connectivity index (χ0) is 18.3. The van der Waals surface area contributed by atoms with E-state index in [1.165, 1.54) is 0 Å². The van der Waals surface area contributed by atoms with Crippen molar-refractivity contribution in [2.45, 2.75) is 25.5 Å². The number of nitrogens with zero attached hydrogens (tertiary/aromatic N) is 2. The van der Waals surface area contributed by atoms with Crippen LogP contribution in [-0.2, 0) is 9.47 Å². The molecule has 6 nitrogen and oxygen atoms in total. The molecule has 0 unspecified atom stereocenters. The van der Waals surface area contributed by atoms with Crippen molar-refractivity contribution in [2.75, 3.05) is 53.1 Å². The molecule has 1 aliphatic rings. The van der Waals surface area contributed by atoms with Gasteiger partial charge in [0, 0.05) is 44.4 Å². The maximum atomic E-state index is 12.8. The second-order valence-corrected chi connectivity index (χ2v) is 7.02. The van der Waals surface area contributed by atoms with Crippen molar-refractivity contribution in [1.82, 2.24) is 9.80 Å². The Bertz CT molecular complexity index is 535. The maximum Gasteiger partial charge on any atom is 0.254 e. The fraction of sp³-hybridized carbons (Fsp3) is 0.632. The van der Waals surface area contributed by atoms with Crippen LogP contribution in [0.3, 0.4) is 0 Å². The summed E-state index contributed by atoms with van der Waals surface area (Å²) in [5, 5.41) is 9.60. The molecular formula is C19H30N2O4. The average molecular weight is 350 g/mol. The molecule has 6 heteroatoms. The first-order valence-electron chi connectivity index (χ1n) is 8.78. The van der Waals surface area contributed by atoms with Gasteiger partial charge >= 0.3 is 0 Å². The molecule has 1 aromatic carbocycles. The highest BCUT2D eigenvalue weighted by atomic mass is 16.5. The Kier molecular flexibility index (Phi) is 7.38. The fourth-order valence-corrected chi connectivity index (χ4v) is 2.97. The van der Waals surface area contributed by atoms with Crippen LogP contribution >= 0.6 is 0 Å². The monoisotopic (exact) mass is 350 g/mol. The van der Waals surface area contributed by atoms with Gasteiger partial charge in [0.15, 0.2) is 0 Å². The third kappa shape index (κ3) is 5.51. The molecule has 1 fully saturated rings. The maximum absolute atomic E-state index is 12.8. The van der Waals surface area contributed by atoms with Crippen LogP contribution in [0, 0.1) is 0 Å². The van der Waals surface area contributed by atoms with Gasteiger partial charge in [-0.2, -0.15) is 0 Å². The lowest BCUT2D eigenvalue weighted by molar-refractivity contribution is -0.0803. The minimum Gasteiger partial charge on any atom is -0.394 e. The fourth-order valence-electron chi connectivity index (χ4n) is 2.97. The first-order valence-corrected chi connectivity index (χ1v) is 8.78. The van der Waals surface area contributed by atoms with E-state index in [1.807, 2.05) is 44.2 Å². The summed E-state index contributed by atoms with van der Waals surface area (Å²) in [4.78, 5) is 16.8. The SMILES string of the molecule is COCCN(C[C@@H]1CN(C(C)(C)CO)CCO1)C(=O)c1ccccc1. The van der Waals surface area contributed by atoms with Gasteiger partial charge in [0.25, 0.3) is 5.91 Å². The predicted octanol–water partition coefficient (Wildman–Crippen LogP) is 1.25. The number of aliphatic hydroxyl groups is 1. The number of morpholine rings is 1. The van der Waals surface area contributed by atoms with Crippen LogP contribution in [0.1, 0.15) is 24.2 Å². The van der Waals surface area contributed by atoms with Gasteiger partial charge in [-0.3, -0.25) is 9.69 Å². The number of methoxy groups -OCH3 is 1. The molecule has 140 valence electrons. The molecule has 1 aliphatic heterocycles. The number of benzene rings is 1. The number of ether oxygens (including phenoxy) is 2. The van der Waals surface area contributed by atoms with Crippen molar-refractivity contribution >= 4 is 5.91 Å². The summed E-state index contributed by atoms with van der Waals surface area (Å²) in [6.07, 6.45) is -0.0795. The molecule has 0 aliphatic carbocycles. The van der Waals surface area contributed by atoms with Crippen molar-refractivity contribution in [1.29, 1.82) is 0 Å². The highest BCUT2D eigenvalue weighted by molar-refractivity contribution is 5.94. The highest BCUT2D eigenvalue weighted by Crippen LogP contribution is 2.19. The van der Waals surface area contributed by atoms with Crippen LogP contribution in [-0.4, -0.2) is 85.6 Å². The number of amides is 1. The quantitative estimate of drug-likeness (QED) is 0.764. The van der Waals surface area contributed by atoms with E-state index in [0.29, 0.717) is 38.4 Å². The topological polar surface area (TPSA) is 62.2 Å². The molecule has 0 spiro atoms. The summed E-state index contributed by atoms with van der Waals surface area (Å²) in [6, 6.07) is 9.28. The Balaban J connectivity index is 2.04. The van der Waals surface area contributed by atoms with E-state index in [4.69, 9.17) is 9.47 Å². The molecule has 1 aromatic rings. The number of rotatable bonds is 8. The van der Waals surface area contributed by atoms with E-state index < -0.39 is 0 Å². The minimum atomic E-state index is -0.289.